The van der Waals surface area contributed by atoms with Gasteiger partial charge in [-0.05, 0) is 24.6 Å². The molecule has 0 amide bonds. The third-order valence-corrected chi connectivity index (χ3v) is 5.11. The average molecular weight is 420 g/mol. The van der Waals surface area contributed by atoms with Crippen LogP contribution in [0, 0.1) is 0 Å². The van der Waals surface area contributed by atoms with E-state index in [4.69, 9.17) is 18.6 Å². The van der Waals surface area contributed by atoms with Crippen LogP contribution in [0.5, 0.6) is 11.5 Å². The molecule has 0 unspecified atom stereocenters. The molecule has 2 aromatic carbocycles. The van der Waals surface area contributed by atoms with Crippen LogP contribution in [0.2, 0.25) is 0 Å². The van der Waals surface area contributed by atoms with Gasteiger partial charge in [0.25, 0.3) is 0 Å². The summed E-state index contributed by atoms with van der Waals surface area (Å²) in [5.74, 6) is -0.211. The first-order valence-electron chi connectivity index (χ1n) is 9.72. The summed E-state index contributed by atoms with van der Waals surface area (Å²) in [5, 5.41) is 0. The molecule has 0 N–H and O–H groups in total. The van der Waals surface area contributed by atoms with E-state index in [1.165, 1.54) is 14.2 Å². The summed E-state index contributed by atoms with van der Waals surface area (Å²) in [5.41, 5.74) is 1.63. The number of ketones is 2. The number of hydrogen-bond acceptors (Lipinski definition) is 7. The molecular weight excluding hydrogens is 400 g/mol. The van der Waals surface area contributed by atoms with Crippen LogP contribution < -0.4 is 9.47 Å². The lowest BCUT2D eigenvalue weighted by atomic mass is 9.84. The molecule has 4 rings (SSSR count). The van der Waals surface area contributed by atoms with Gasteiger partial charge in [-0.25, -0.2) is 0 Å². The van der Waals surface area contributed by atoms with Gasteiger partial charge in [-0.15, -0.1) is 0 Å². The fraction of sp³-hybridized carbons (Fsp3) is 0.208. The fourth-order valence-electron chi connectivity index (χ4n) is 3.76. The molecule has 0 bridgehead atoms. The Morgan fingerprint density at radius 3 is 2.23 bits per heavy atom. The Balaban J connectivity index is 1.95. The summed E-state index contributed by atoms with van der Waals surface area (Å²) in [6.45, 7) is 1.90. The van der Waals surface area contributed by atoms with E-state index in [9.17, 15) is 14.4 Å². The molecule has 1 aromatic heterocycles. The lowest BCUT2D eigenvalue weighted by Gasteiger charge is -2.15. The van der Waals surface area contributed by atoms with Gasteiger partial charge in [-0.3, -0.25) is 14.4 Å². The van der Waals surface area contributed by atoms with E-state index < -0.39 is 11.8 Å². The second-order valence-electron chi connectivity index (χ2n) is 6.86. The summed E-state index contributed by atoms with van der Waals surface area (Å²) in [6.07, 6.45) is -0.221. The monoisotopic (exact) mass is 420 g/mol. The van der Waals surface area contributed by atoms with Crippen LogP contribution in [0.1, 0.15) is 44.7 Å². The van der Waals surface area contributed by atoms with Crippen molar-refractivity contribution in [2.45, 2.75) is 13.3 Å². The zero-order valence-electron chi connectivity index (χ0n) is 17.3. The van der Waals surface area contributed by atoms with Crippen molar-refractivity contribution >= 4 is 17.5 Å². The molecule has 1 aliphatic rings. The van der Waals surface area contributed by atoms with E-state index in [0.29, 0.717) is 28.2 Å². The van der Waals surface area contributed by atoms with Crippen LogP contribution in [0.25, 0.3) is 11.1 Å². The minimum Gasteiger partial charge on any atom is -0.493 e. The van der Waals surface area contributed by atoms with Crippen LogP contribution in [-0.2, 0) is 16.0 Å². The SMILES string of the molecule is CCOC(=O)Cc1oc2c(c1-c1ccc(OC)c(OC)c1)C(=O)c1ccccc1C2=O. The van der Waals surface area contributed by atoms with Gasteiger partial charge in [-0.2, -0.15) is 0 Å². The van der Waals surface area contributed by atoms with Crippen LogP contribution in [0.3, 0.4) is 0 Å². The third kappa shape index (κ3) is 3.38. The molecule has 158 valence electrons. The maximum absolute atomic E-state index is 13.4. The molecule has 0 spiro atoms. The Bertz CT molecular complexity index is 1200. The van der Waals surface area contributed by atoms with Crippen LogP contribution >= 0.6 is 0 Å². The van der Waals surface area contributed by atoms with Crippen LogP contribution in [0.15, 0.2) is 46.9 Å². The largest absolute Gasteiger partial charge is 0.493 e. The van der Waals surface area contributed by atoms with E-state index in [1.54, 1.807) is 49.4 Å². The maximum atomic E-state index is 13.4. The van der Waals surface area contributed by atoms with Crippen LogP contribution in [0.4, 0.5) is 0 Å². The van der Waals surface area contributed by atoms with Gasteiger partial charge in [0.1, 0.15) is 12.2 Å². The van der Waals surface area contributed by atoms with Crippen molar-refractivity contribution in [3.8, 4) is 22.6 Å². The van der Waals surface area contributed by atoms with Crippen molar-refractivity contribution in [1.82, 2.24) is 0 Å². The van der Waals surface area contributed by atoms with E-state index >= 15 is 0 Å². The normalized spacial score (nSPS) is 12.2. The molecule has 0 radical (unpaired) electrons. The maximum Gasteiger partial charge on any atom is 0.313 e. The number of carbonyl (C=O) groups is 3. The Labute approximate surface area is 178 Å². The summed E-state index contributed by atoms with van der Waals surface area (Å²) in [7, 11) is 3.01. The lowest BCUT2D eigenvalue weighted by molar-refractivity contribution is -0.142. The minimum atomic E-state index is -0.521. The van der Waals surface area contributed by atoms with E-state index in [-0.39, 0.29) is 41.5 Å². The molecule has 0 saturated heterocycles. The predicted octanol–water partition coefficient (Wildman–Crippen LogP) is 3.84. The molecular formula is C24H20O7. The first kappa shape index (κ1) is 20.4. The number of esters is 1. The molecule has 1 aliphatic carbocycles. The van der Waals surface area contributed by atoms with E-state index in [0.717, 1.165) is 0 Å². The van der Waals surface area contributed by atoms with Crippen molar-refractivity contribution in [1.29, 1.82) is 0 Å². The van der Waals surface area contributed by atoms with E-state index in [2.05, 4.69) is 0 Å². The van der Waals surface area contributed by atoms with Crippen molar-refractivity contribution < 1.29 is 33.0 Å². The predicted molar refractivity (Wildman–Crippen MR) is 111 cm³/mol. The highest BCUT2D eigenvalue weighted by molar-refractivity contribution is 6.29. The number of methoxy groups -OCH3 is 2. The van der Waals surface area contributed by atoms with Crippen molar-refractivity contribution in [3.05, 3.63) is 70.7 Å². The standard InChI is InChI=1S/C24H20O7/c1-4-30-19(25)12-18-20(13-9-10-16(28-2)17(11-13)29-3)21-22(26)14-7-5-6-8-15(14)23(27)24(21)31-18/h5-11H,4,12H2,1-3H3. The van der Waals surface area contributed by atoms with Crippen molar-refractivity contribution in [3.63, 3.8) is 0 Å². The summed E-state index contributed by atoms with van der Waals surface area (Å²) in [4.78, 5) is 38.7. The van der Waals surface area contributed by atoms with Crippen molar-refractivity contribution in [2.24, 2.45) is 0 Å². The fourth-order valence-corrected chi connectivity index (χ4v) is 3.76. The first-order valence-corrected chi connectivity index (χ1v) is 9.72. The van der Waals surface area contributed by atoms with Gasteiger partial charge in [0.05, 0.1) is 26.4 Å². The Hall–Kier alpha value is -3.87. The topological polar surface area (TPSA) is 92.0 Å². The minimum absolute atomic E-state index is 0.0761. The molecule has 7 heteroatoms. The molecule has 31 heavy (non-hydrogen) atoms. The average Bonchev–Trinajstić information content (AvgIpc) is 3.16. The Morgan fingerprint density at radius 1 is 0.903 bits per heavy atom. The molecule has 0 aliphatic heterocycles. The van der Waals surface area contributed by atoms with Crippen LogP contribution in [-0.4, -0.2) is 38.4 Å². The number of hydrogen-bond donors (Lipinski definition) is 0. The lowest BCUT2D eigenvalue weighted by Crippen LogP contribution is -2.19. The summed E-state index contributed by atoms with van der Waals surface area (Å²) < 4.78 is 21.6. The smallest absolute Gasteiger partial charge is 0.313 e. The number of fused-ring (bicyclic) bond motifs is 2. The van der Waals surface area contributed by atoms with Gasteiger partial charge in [-0.1, -0.05) is 30.3 Å². The third-order valence-electron chi connectivity index (χ3n) is 5.11. The second kappa shape index (κ2) is 8.10. The number of ether oxygens (including phenoxy) is 3. The number of furan rings is 1. The highest BCUT2D eigenvalue weighted by atomic mass is 16.5. The zero-order valence-corrected chi connectivity index (χ0v) is 17.3. The van der Waals surface area contributed by atoms with Crippen molar-refractivity contribution in [2.75, 3.05) is 20.8 Å². The quantitative estimate of drug-likeness (QED) is 0.438. The Kier molecular flexibility index (Phi) is 5.33. The highest BCUT2D eigenvalue weighted by Gasteiger charge is 2.38. The number of benzene rings is 2. The second-order valence-corrected chi connectivity index (χ2v) is 6.86. The number of rotatable bonds is 6. The van der Waals surface area contributed by atoms with Gasteiger partial charge < -0.3 is 18.6 Å². The molecule has 0 atom stereocenters. The van der Waals surface area contributed by atoms with Gasteiger partial charge >= 0.3 is 5.97 Å². The zero-order chi connectivity index (χ0) is 22.1. The number of carbonyl (C=O) groups excluding carboxylic acids is 3. The Morgan fingerprint density at radius 2 is 1.58 bits per heavy atom. The summed E-state index contributed by atoms with van der Waals surface area (Å²) in [6, 6.07) is 11.7. The van der Waals surface area contributed by atoms with Gasteiger partial charge in [0.2, 0.25) is 5.78 Å². The molecule has 0 fully saturated rings. The molecule has 7 nitrogen and oxygen atoms in total. The molecule has 3 aromatic rings. The van der Waals surface area contributed by atoms with Gasteiger partial charge in [0.15, 0.2) is 23.0 Å². The molecule has 0 saturated carbocycles. The first-order chi connectivity index (χ1) is 15.0. The molecule has 1 heterocycles. The highest BCUT2D eigenvalue weighted by Crippen LogP contribution is 2.41. The summed E-state index contributed by atoms with van der Waals surface area (Å²) >= 11 is 0. The van der Waals surface area contributed by atoms with E-state index in [1.807, 2.05) is 0 Å². The van der Waals surface area contributed by atoms with Gasteiger partial charge in [0, 0.05) is 16.7 Å².